The summed E-state index contributed by atoms with van der Waals surface area (Å²) in [7, 11) is 3.68. The third kappa shape index (κ3) is 6.77. The number of carbonyl (C=O) groups excluding carboxylic acids is 1. The first-order valence-corrected chi connectivity index (χ1v) is 2.98. The van der Waals surface area contributed by atoms with Crippen LogP contribution < -0.4 is 0 Å². The highest BCUT2D eigenvalue weighted by Gasteiger charge is 1.76. The predicted molar refractivity (Wildman–Crippen MR) is 41.3 cm³/mol. The molecule has 0 aliphatic heterocycles. The summed E-state index contributed by atoms with van der Waals surface area (Å²) < 4.78 is 0. The molecule has 0 amide bonds. The van der Waals surface area contributed by atoms with Gasteiger partial charge in [-0.05, 0) is 19.1 Å². The normalized spacial score (nSPS) is 8.70. The molecule has 0 spiro atoms. The number of carbonyl (C=O) groups is 1. The average Bonchev–Trinajstić information content (AvgIpc) is 1.79. The molecular formula is C8H11NO. The maximum absolute atomic E-state index is 10.3. The van der Waals surface area contributed by atoms with Gasteiger partial charge in [0.05, 0.1) is 0 Å². The molecule has 54 valence electrons. The van der Waals surface area contributed by atoms with Crippen LogP contribution in [0, 0.1) is 12.0 Å². The van der Waals surface area contributed by atoms with Crippen LogP contribution in [0.15, 0.2) is 12.2 Å². The molecule has 0 bridgehead atoms. The molecule has 2 nitrogen and oxygen atoms in total. The standard InChI is InChI=1S/C8H11NO/c1-8(10)6-4-5-7-9(2)3/h4,6H,1-3H3. The van der Waals surface area contributed by atoms with Crippen LogP contribution in [0.5, 0.6) is 0 Å². The van der Waals surface area contributed by atoms with Gasteiger partial charge in [-0.3, -0.25) is 4.79 Å². The molecule has 0 saturated carbocycles. The lowest BCUT2D eigenvalue weighted by Crippen LogP contribution is -2.00. The molecule has 0 aromatic heterocycles. The first kappa shape index (κ1) is 8.77. The zero-order chi connectivity index (χ0) is 7.98. The highest BCUT2D eigenvalue weighted by Crippen LogP contribution is 1.73. The van der Waals surface area contributed by atoms with Gasteiger partial charge in [-0.2, -0.15) is 0 Å². The Morgan fingerprint density at radius 3 is 2.50 bits per heavy atom. The number of hydrogen-bond donors (Lipinski definition) is 0. The molecule has 2 heteroatoms. The summed E-state index contributed by atoms with van der Waals surface area (Å²) in [6.45, 7) is 1.49. The maximum Gasteiger partial charge on any atom is 0.153 e. The Bertz CT molecular complexity index is 193. The number of allylic oxidation sites excluding steroid dienone is 2. The summed E-state index contributed by atoms with van der Waals surface area (Å²) in [5.41, 5.74) is 0. The molecule has 0 aliphatic carbocycles. The van der Waals surface area contributed by atoms with Gasteiger partial charge in [0.25, 0.3) is 0 Å². The summed E-state index contributed by atoms with van der Waals surface area (Å²) in [4.78, 5) is 12.0. The van der Waals surface area contributed by atoms with E-state index < -0.39 is 0 Å². The van der Waals surface area contributed by atoms with E-state index in [0.29, 0.717) is 0 Å². The third-order valence-electron chi connectivity index (χ3n) is 0.690. The number of ketones is 1. The SMILES string of the molecule is CC(=O)C=CC#CN(C)C. The van der Waals surface area contributed by atoms with Gasteiger partial charge < -0.3 is 4.90 Å². The van der Waals surface area contributed by atoms with E-state index in [2.05, 4.69) is 12.0 Å². The van der Waals surface area contributed by atoms with E-state index in [0.717, 1.165) is 0 Å². The first-order valence-electron chi connectivity index (χ1n) is 2.98. The lowest BCUT2D eigenvalue weighted by atomic mass is 10.4. The molecular weight excluding hydrogens is 126 g/mol. The van der Waals surface area contributed by atoms with Crippen LogP contribution in [-0.2, 0) is 4.79 Å². The Morgan fingerprint density at radius 1 is 1.50 bits per heavy atom. The molecule has 0 atom stereocenters. The zero-order valence-electron chi connectivity index (χ0n) is 6.51. The van der Waals surface area contributed by atoms with Gasteiger partial charge in [0.1, 0.15) is 0 Å². The lowest BCUT2D eigenvalue weighted by molar-refractivity contribution is -0.112. The Balaban J connectivity index is 3.76. The van der Waals surface area contributed by atoms with E-state index in [4.69, 9.17) is 0 Å². The highest BCUT2D eigenvalue weighted by atomic mass is 16.1. The maximum atomic E-state index is 10.3. The molecule has 0 radical (unpaired) electrons. The monoisotopic (exact) mass is 137 g/mol. The zero-order valence-corrected chi connectivity index (χ0v) is 6.51. The van der Waals surface area contributed by atoms with Crippen LogP contribution in [0.2, 0.25) is 0 Å². The molecule has 10 heavy (non-hydrogen) atoms. The minimum atomic E-state index is 0.0213. The van der Waals surface area contributed by atoms with Crippen molar-refractivity contribution >= 4 is 5.78 Å². The summed E-state index contributed by atoms with van der Waals surface area (Å²) >= 11 is 0. The fourth-order valence-corrected chi connectivity index (χ4v) is 0.325. The lowest BCUT2D eigenvalue weighted by Gasteiger charge is -1.95. The van der Waals surface area contributed by atoms with E-state index in [1.54, 1.807) is 11.0 Å². The van der Waals surface area contributed by atoms with Crippen molar-refractivity contribution in [2.24, 2.45) is 0 Å². The van der Waals surface area contributed by atoms with E-state index in [1.165, 1.54) is 13.0 Å². The quantitative estimate of drug-likeness (QED) is 0.300. The fourth-order valence-electron chi connectivity index (χ4n) is 0.325. The van der Waals surface area contributed by atoms with Crippen molar-refractivity contribution in [1.29, 1.82) is 0 Å². The van der Waals surface area contributed by atoms with Crippen LogP contribution in [0.1, 0.15) is 6.92 Å². The second kappa shape index (κ2) is 4.63. The Hall–Kier alpha value is -1.23. The molecule has 0 rings (SSSR count). The average molecular weight is 137 g/mol. The molecule has 0 fully saturated rings. The molecule has 0 aromatic carbocycles. The first-order chi connectivity index (χ1) is 4.63. The topological polar surface area (TPSA) is 20.3 Å². The molecule has 0 unspecified atom stereocenters. The van der Waals surface area contributed by atoms with Crippen molar-refractivity contribution in [2.45, 2.75) is 6.92 Å². The molecule has 0 N–H and O–H groups in total. The number of hydrogen-bond acceptors (Lipinski definition) is 2. The van der Waals surface area contributed by atoms with Gasteiger partial charge in [-0.15, -0.1) is 0 Å². The van der Waals surface area contributed by atoms with Crippen molar-refractivity contribution in [3.05, 3.63) is 12.2 Å². The van der Waals surface area contributed by atoms with Gasteiger partial charge in [0, 0.05) is 20.1 Å². The minimum Gasteiger partial charge on any atom is -0.338 e. The molecule has 0 saturated heterocycles. The van der Waals surface area contributed by atoms with E-state index >= 15 is 0 Å². The van der Waals surface area contributed by atoms with Gasteiger partial charge >= 0.3 is 0 Å². The highest BCUT2D eigenvalue weighted by molar-refractivity contribution is 5.87. The molecule has 0 heterocycles. The Morgan fingerprint density at radius 2 is 2.10 bits per heavy atom. The summed E-state index contributed by atoms with van der Waals surface area (Å²) in [5.74, 6) is 2.71. The number of nitrogens with zero attached hydrogens (tertiary/aromatic N) is 1. The van der Waals surface area contributed by atoms with Crippen LogP contribution in [0.25, 0.3) is 0 Å². The summed E-state index contributed by atoms with van der Waals surface area (Å²) in [6.07, 6.45) is 2.98. The van der Waals surface area contributed by atoms with Gasteiger partial charge in [-0.25, -0.2) is 0 Å². The minimum absolute atomic E-state index is 0.0213. The van der Waals surface area contributed by atoms with Crippen molar-refractivity contribution in [1.82, 2.24) is 4.90 Å². The van der Waals surface area contributed by atoms with Crippen molar-refractivity contribution in [3.8, 4) is 12.0 Å². The second-order valence-electron chi connectivity index (χ2n) is 2.09. The smallest absolute Gasteiger partial charge is 0.153 e. The molecule has 0 aliphatic rings. The van der Waals surface area contributed by atoms with Crippen LogP contribution >= 0.6 is 0 Å². The molecule has 0 aromatic rings. The van der Waals surface area contributed by atoms with Gasteiger partial charge in [0.15, 0.2) is 5.78 Å². The fraction of sp³-hybridized carbons (Fsp3) is 0.375. The Labute approximate surface area is 61.5 Å². The van der Waals surface area contributed by atoms with Crippen molar-refractivity contribution in [2.75, 3.05) is 14.1 Å². The van der Waals surface area contributed by atoms with Gasteiger partial charge in [-0.1, -0.05) is 5.92 Å². The number of rotatable bonds is 1. The largest absolute Gasteiger partial charge is 0.338 e. The van der Waals surface area contributed by atoms with Crippen molar-refractivity contribution in [3.63, 3.8) is 0 Å². The van der Waals surface area contributed by atoms with Crippen LogP contribution in [0.3, 0.4) is 0 Å². The van der Waals surface area contributed by atoms with E-state index in [9.17, 15) is 4.79 Å². The van der Waals surface area contributed by atoms with Crippen LogP contribution in [-0.4, -0.2) is 24.8 Å². The van der Waals surface area contributed by atoms with Crippen molar-refractivity contribution < 1.29 is 4.79 Å². The van der Waals surface area contributed by atoms with Gasteiger partial charge in [0.2, 0.25) is 0 Å². The van der Waals surface area contributed by atoms with E-state index in [-0.39, 0.29) is 5.78 Å². The van der Waals surface area contributed by atoms with E-state index in [1.807, 2.05) is 14.1 Å². The third-order valence-corrected chi connectivity index (χ3v) is 0.690. The Kier molecular flexibility index (Phi) is 4.06. The summed E-state index contributed by atoms with van der Waals surface area (Å²) in [6, 6.07) is 2.75. The second-order valence-corrected chi connectivity index (χ2v) is 2.09. The predicted octanol–water partition coefficient (Wildman–Crippen LogP) is 0.654. The van der Waals surface area contributed by atoms with Crippen LogP contribution in [0.4, 0.5) is 0 Å². The summed E-state index contributed by atoms with van der Waals surface area (Å²) in [5, 5.41) is 0.